The lowest BCUT2D eigenvalue weighted by Gasteiger charge is -2.16. The number of carbonyl (C=O) groups is 3. The predicted octanol–water partition coefficient (Wildman–Crippen LogP) is 2.49. The number of hydrogen-bond acceptors (Lipinski definition) is 6. The maximum atomic E-state index is 12.7. The van der Waals surface area contributed by atoms with Gasteiger partial charge in [-0.15, -0.1) is 0 Å². The molecule has 2 amide bonds. The molecule has 8 heteroatoms. The molecule has 3 rings (SSSR count). The molecule has 0 saturated carbocycles. The van der Waals surface area contributed by atoms with Crippen LogP contribution in [0.1, 0.15) is 36.6 Å². The van der Waals surface area contributed by atoms with E-state index >= 15 is 0 Å². The van der Waals surface area contributed by atoms with Crippen LogP contribution >= 0.6 is 0 Å². The largest absolute Gasteiger partial charge is 0.465 e. The third-order valence-electron chi connectivity index (χ3n) is 3.95. The SMILES string of the molecule is COC(=O)c1ccc2c(c1)C(=O)N(c1cc([N+](=O)[O-])ccc1C)C2=O. The minimum absolute atomic E-state index is 0.0545. The highest BCUT2D eigenvalue weighted by atomic mass is 16.6. The fraction of sp³-hybridized carbons (Fsp3) is 0.118. The number of nitro groups is 1. The second kappa shape index (κ2) is 5.82. The predicted molar refractivity (Wildman–Crippen MR) is 86.8 cm³/mol. The zero-order valence-corrected chi connectivity index (χ0v) is 13.3. The number of methoxy groups -OCH3 is 1. The van der Waals surface area contributed by atoms with Crippen LogP contribution in [0, 0.1) is 17.0 Å². The van der Waals surface area contributed by atoms with Gasteiger partial charge in [-0.25, -0.2) is 9.69 Å². The van der Waals surface area contributed by atoms with E-state index in [-0.39, 0.29) is 28.1 Å². The topological polar surface area (TPSA) is 107 Å². The zero-order valence-electron chi connectivity index (χ0n) is 13.3. The summed E-state index contributed by atoms with van der Waals surface area (Å²) in [6, 6.07) is 7.99. The van der Waals surface area contributed by atoms with Gasteiger partial charge in [-0.3, -0.25) is 19.7 Å². The van der Waals surface area contributed by atoms with E-state index in [1.165, 1.54) is 43.5 Å². The Kier molecular flexibility index (Phi) is 3.80. The standard InChI is InChI=1S/C17H12N2O6/c1-9-3-5-11(19(23)24)8-14(9)18-15(20)12-6-4-10(17(22)25-2)7-13(12)16(18)21/h3-8H,1-2H3. The van der Waals surface area contributed by atoms with Gasteiger partial charge in [0, 0.05) is 12.1 Å². The summed E-state index contributed by atoms with van der Waals surface area (Å²) in [6.07, 6.45) is 0. The molecular formula is C17H12N2O6. The van der Waals surface area contributed by atoms with Crippen LogP contribution in [0.3, 0.4) is 0 Å². The number of amides is 2. The maximum Gasteiger partial charge on any atom is 0.337 e. The van der Waals surface area contributed by atoms with E-state index in [1.54, 1.807) is 6.92 Å². The normalized spacial score (nSPS) is 13.0. The summed E-state index contributed by atoms with van der Waals surface area (Å²) in [5.74, 6) is -1.87. The average molecular weight is 340 g/mol. The molecule has 1 aliphatic rings. The molecule has 0 aliphatic carbocycles. The van der Waals surface area contributed by atoms with Crippen molar-refractivity contribution in [2.45, 2.75) is 6.92 Å². The fourth-order valence-electron chi connectivity index (χ4n) is 2.66. The van der Waals surface area contributed by atoms with E-state index in [2.05, 4.69) is 4.74 Å². The molecule has 0 bridgehead atoms. The molecule has 0 N–H and O–H groups in total. The average Bonchev–Trinajstić information content (AvgIpc) is 2.85. The Morgan fingerprint density at radius 1 is 1.08 bits per heavy atom. The number of hydrogen-bond donors (Lipinski definition) is 0. The number of nitro benzene ring substituents is 1. The van der Waals surface area contributed by atoms with E-state index in [0.29, 0.717) is 5.56 Å². The number of esters is 1. The third kappa shape index (κ3) is 2.53. The molecule has 1 heterocycles. The lowest BCUT2D eigenvalue weighted by atomic mass is 10.1. The molecular weight excluding hydrogens is 328 g/mol. The van der Waals surface area contributed by atoms with Crippen LogP contribution in [0.25, 0.3) is 0 Å². The Bertz CT molecular complexity index is 950. The molecule has 0 spiro atoms. The quantitative estimate of drug-likeness (QED) is 0.368. The van der Waals surface area contributed by atoms with Crippen LogP contribution in [-0.2, 0) is 4.74 Å². The number of ether oxygens (including phenoxy) is 1. The Balaban J connectivity index is 2.10. The smallest absolute Gasteiger partial charge is 0.337 e. The molecule has 0 radical (unpaired) electrons. The Hall–Kier alpha value is -3.55. The van der Waals surface area contributed by atoms with Crippen LogP contribution in [0.15, 0.2) is 36.4 Å². The highest BCUT2D eigenvalue weighted by Crippen LogP contribution is 2.33. The first kappa shape index (κ1) is 16.3. The molecule has 126 valence electrons. The monoisotopic (exact) mass is 340 g/mol. The lowest BCUT2D eigenvalue weighted by Crippen LogP contribution is -2.30. The van der Waals surface area contributed by atoms with E-state index in [1.807, 2.05) is 0 Å². The van der Waals surface area contributed by atoms with E-state index < -0.39 is 22.7 Å². The van der Waals surface area contributed by atoms with Crippen molar-refractivity contribution in [3.05, 3.63) is 68.8 Å². The highest BCUT2D eigenvalue weighted by molar-refractivity contribution is 6.35. The van der Waals surface area contributed by atoms with E-state index in [0.717, 1.165) is 4.90 Å². The van der Waals surface area contributed by atoms with Crippen molar-refractivity contribution in [2.24, 2.45) is 0 Å². The first-order chi connectivity index (χ1) is 11.8. The maximum absolute atomic E-state index is 12.7. The van der Waals surface area contributed by atoms with Crippen molar-refractivity contribution >= 4 is 29.2 Å². The molecule has 0 fully saturated rings. The van der Waals surface area contributed by atoms with Gasteiger partial charge in [-0.2, -0.15) is 0 Å². The summed E-state index contributed by atoms with van der Waals surface area (Å²) in [4.78, 5) is 48.2. The van der Waals surface area contributed by atoms with E-state index in [9.17, 15) is 24.5 Å². The number of nitrogens with zero attached hydrogens (tertiary/aromatic N) is 2. The number of rotatable bonds is 3. The van der Waals surface area contributed by atoms with Gasteiger partial charge in [-0.05, 0) is 30.7 Å². The molecule has 2 aromatic carbocycles. The number of benzene rings is 2. The first-order valence-corrected chi connectivity index (χ1v) is 7.21. The zero-order chi connectivity index (χ0) is 18.3. The summed E-state index contributed by atoms with van der Waals surface area (Å²) in [5, 5.41) is 11.0. The third-order valence-corrected chi connectivity index (χ3v) is 3.95. The number of imide groups is 1. The summed E-state index contributed by atoms with van der Waals surface area (Å²) < 4.78 is 4.61. The molecule has 25 heavy (non-hydrogen) atoms. The van der Waals surface area contributed by atoms with Crippen molar-refractivity contribution < 1.29 is 24.0 Å². The van der Waals surface area contributed by atoms with E-state index in [4.69, 9.17) is 0 Å². The van der Waals surface area contributed by atoms with Gasteiger partial charge in [0.2, 0.25) is 0 Å². The molecule has 8 nitrogen and oxygen atoms in total. The number of carbonyl (C=O) groups excluding carboxylic acids is 3. The number of aryl methyl sites for hydroxylation is 1. The minimum Gasteiger partial charge on any atom is -0.465 e. The summed E-state index contributed by atoms with van der Waals surface area (Å²) in [5.41, 5.74) is 0.767. The summed E-state index contributed by atoms with van der Waals surface area (Å²) >= 11 is 0. The number of fused-ring (bicyclic) bond motifs is 1. The van der Waals surface area contributed by atoms with Crippen LogP contribution in [0.5, 0.6) is 0 Å². The summed E-state index contributed by atoms with van der Waals surface area (Å²) in [7, 11) is 1.21. The highest BCUT2D eigenvalue weighted by Gasteiger charge is 2.38. The van der Waals surface area contributed by atoms with Gasteiger partial charge in [-0.1, -0.05) is 6.07 Å². The molecule has 0 unspecified atom stereocenters. The molecule has 1 aliphatic heterocycles. The van der Waals surface area contributed by atoms with Gasteiger partial charge in [0.15, 0.2) is 0 Å². The fourth-order valence-corrected chi connectivity index (χ4v) is 2.66. The number of non-ortho nitro benzene ring substituents is 1. The van der Waals surface area contributed by atoms with Crippen molar-refractivity contribution in [3.8, 4) is 0 Å². The van der Waals surface area contributed by atoms with Gasteiger partial charge in [0.25, 0.3) is 17.5 Å². The first-order valence-electron chi connectivity index (χ1n) is 7.21. The van der Waals surface area contributed by atoms with Crippen molar-refractivity contribution in [1.29, 1.82) is 0 Å². The van der Waals surface area contributed by atoms with Gasteiger partial charge < -0.3 is 4.74 Å². The van der Waals surface area contributed by atoms with Crippen molar-refractivity contribution in [3.63, 3.8) is 0 Å². The minimum atomic E-state index is -0.644. The van der Waals surface area contributed by atoms with Gasteiger partial charge in [0.05, 0.1) is 34.4 Å². The second-order valence-electron chi connectivity index (χ2n) is 5.43. The van der Waals surface area contributed by atoms with Crippen LogP contribution in [0.2, 0.25) is 0 Å². The Morgan fingerprint density at radius 3 is 2.40 bits per heavy atom. The Morgan fingerprint density at radius 2 is 1.76 bits per heavy atom. The Labute approximate surface area is 141 Å². The second-order valence-corrected chi connectivity index (χ2v) is 5.43. The molecule has 0 saturated heterocycles. The lowest BCUT2D eigenvalue weighted by molar-refractivity contribution is -0.384. The van der Waals surface area contributed by atoms with Crippen molar-refractivity contribution in [1.82, 2.24) is 0 Å². The van der Waals surface area contributed by atoms with Crippen LogP contribution in [-0.4, -0.2) is 29.8 Å². The summed E-state index contributed by atoms with van der Waals surface area (Å²) in [6.45, 7) is 1.64. The molecule has 0 aromatic heterocycles. The number of anilines is 1. The van der Waals surface area contributed by atoms with Gasteiger partial charge >= 0.3 is 5.97 Å². The van der Waals surface area contributed by atoms with Gasteiger partial charge in [0.1, 0.15) is 0 Å². The van der Waals surface area contributed by atoms with Crippen LogP contribution in [0.4, 0.5) is 11.4 Å². The molecule has 2 aromatic rings. The molecule has 0 atom stereocenters. The van der Waals surface area contributed by atoms with Crippen LogP contribution < -0.4 is 4.90 Å². The van der Waals surface area contributed by atoms with Crippen molar-refractivity contribution in [2.75, 3.05) is 12.0 Å².